The van der Waals surface area contributed by atoms with Crippen molar-refractivity contribution < 1.29 is 4.74 Å². The maximum absolute atomic E-state index is 5.87. The van der Waals surface area contributed by atoms with E-state index in [1.165, 1.54) is 0 Å². The normalized spacial score (nSPS) is 11.3. The van der Waals surface area contributed by atoms with Gasteiger partial charge in [-0.1, -0.05) is 0 Å². The van der Waals surface area contributed by atoms with Crippen molar-refractivity contribution in [1.82, 2.24) is 14.5 Å². The Bertz CT molecular complexity index is 559. The van der Waals surface area contributed by atoms with Crippen molar-refractivity contribution in [2.45, 2.75) is 32.2 Å². The molecule has 2 aromatic heterocycles. The monoisotopic (exact) mass is 359 g/mol. The van der Waals surface area contributed by atoms with E-state index in [1.54, 1.807) is 7.11 Å². The molecule has 0 atom stereocenters. The third-order valence-corrected chi connectivity index (χ3v) is 3.80. The first kappa shape index (κ1) is 15.7. The molecule has 0 aliphatic carbocycles. The van der Waals surface area contributed by atoms with Gasteiger partial charge in [0.25, 0.3) is 0 Å². The van der Waals surface area contributed by atoms with Crippen molar-refractivity contribution >= 4 is 38.7 Å². The number of aromatic nitrogens is 3. The van der Waals surface area contributed by atoms with E-state index < -0.39 is 0 Å². The number of ether oxygens (including phenoxy) is 1. The minimum absolute atomic E-state index is 0.578. The summed E-state index contributed by atoms with van der Waals surface area (Å²) in [6, 6.07) is 2.00. The van der Waals surface area contributed by atoms with E-state index in [1.807, 2.05) is 12.3 Å². The van der Waals surface area contributed by atoms with Crippen LogP contribution in [0.4, 0.5) is 0 Å². The highest BCUT2D eigenvalue weighted by Crippen LogP contribution is 2.19. The number of aryl methyl sites for hydroxylation is 2. The van der Waals surface area contributed by atoms with E-state index in [4.69, 9.17) is 16.3 Å². The van der Waals surface area contributed by atoms with Crippen LogP contribution in [0.15, 0.2) is 16.7 Å². The minimum Gasteiger partial charge on any atom is -0.385 e. The van der Waals surface area contributed by atoms with Crippen LogP contribution < -0.4 is 0 Å². The van der Waals surface area contributed by atoms with Crippen LogP contribution in [0.3, 0.4) is 0 Å². The lowest BCUT2D eigenvalue weighted by molar-refractivity contribution is 0.191. The second-order valence-corrected chi connectivity index (χ2v) is 5.96. The van der Waals surface area contributed by atoms with Crippen LogP contribution in [0.5, 0.6) is 0 Å². The topological polar surface area (TPSA) is 39.9 Å². The molecule has 0 amide bonds. The Hall–Kier alpha value is -0.650. The lowest BCUT2D eigenvalue weighted by atomic mass is 10.2. The third kappa shape index (κ3) is 3.93. The van der Waals surface area contributed by atoms with Gasteiger partial charge in [-0.05, 0) is 41.3 Å². The van der Waals surface area contributed by atoms with Gasteiger partial charge >= 0.3 is 0 Å². The number of fused-ring (bicyclic) bond motifs is 1. The Morgan fingerprint density at radius 1 is 1.35 bits per heavy atom. The molecule has 0 aliphatic rings. The molecule has 0 aliphatic heterocycles. The van der Waals surface area contributed by atoms with E-state index >= 15 is 0 Å². The van der Waals surface area contributed by atoms with Crippen LogP contribution in [0.2, 0.25) is 0 Å². The molecule has 0 unspecified atom stereocenters. The van der Waals surface area contributed by atoms with Gasteiger partial charge in [-0.15, -0.1) is 11.6 Å². The third-order valence-electron chi connectivity index (χ3n) is 3.18. The van der Waals surface area contributed by atoms with Gasteiger partial charge in [0.05, 0.1) is 0 Å². The highest BCUT2D eigenvalue weighted by molar-refractivity contribution is 9.10. The zero-order valence-corrected chi connectivity index (χ0v) is 14.0. The second kappa shape index (κ2) is 7.96. The average molecular weight is 361 g/mol. The molecule has 0 bridgehead atoms. The predicted molar refractivity (Wildman–Crippen MR) is 85.4 cm³/mol. The van der Waals surface area contributed by atoms with E-state index in [0.29, 0.717) is 5.88 Å². The van der Waals surface area contributed by atoms with Gasteiger partial charge in [-0.25, -0.2) is 9.97 Å². The summed E-state index contributed by atoms with van der Waals surface area (Å²) < 4.78 is 8.21. The highest BCUT2D eigenvalue weighted by atomic mass is 79.9. The molecule has 2 heterocycles. The molecule has 0 fully saturated rings. The van der Waals surface area contributed by atoms with Crippen molar-refractivity contribution in [1.29, 1.82) is 0 Å². The molecule has 2 rings (SSSR count). The Morgan fingerprint density at radius 3 is 2.95 bits per heavy atom. The van der Waals surface area contributed by atoms with Gasteiger partial charge < -0.3 is 9.30 Å². The van der Waals surface area contributed by atoms with Crippen molar-refractivity contribution in [2.24, 2.45) is 0 Å². The largest absolute Gasteiger partial charge is 0.385 e. The zero-order valence-electron chi connectivity index (χ0n) is 11.6. The Morgan fingerprint density at radius 2 is 2.20 bits per heavy atom. The smallest absolute Gasteiger partial charge is 0.160 e. The molecule has 110 valence electrons. The molecule has 0 radical (unpaired) electrons. The van der Waals surface area contributed by atoms with Crippen molar-refractivity contribution in [3.8, 4) is 0 Å². The number of methoxy groups -OCH3 is 1. The number of hydrogen-bond donors (Lipinski definition) is 0. The molecule has 2 aromatic rings. The minimum atomic E-state index is 0.578. The molecule has 6 heteroatoms. The first-order chi connectivity index (χ1) is 9.76. The molecule has 0 spiro atoms. The quantitative estimate of drug-likeness (QED) is 0.531. The summed E-state index contributed by atoms with van der Waals surface area (Å²) in [7, 11) is 1.74. The molecule has 0 saturated carbocycles. The number of unbranched alkanes of at least 4 members (excludes halogenated alkanes) is 2. The van der Waals surface area contributed by atoms with Gasteiger partial charge in [0.2, 0.25) is 0 Å². The van der Waals surface area contributed by atoms with Gasteiger partial charge in [0.1, 0.15) is 11.3 Å². The lowest BCUT2D eigenvalue weighted by Crippen LogP contribution is -2.06. The standard InChI is InChI=1S/C14H19BrClN3O/c1-20-8-4-2-3-7-19-13(5-6-16)18-12-9-11(15)10-17-14(12)19/h9-10H,2-8H2,1H3. The van der Waals surface area contributed by atoms with Gasteiger partial charge in [-0.3, -0.25) is 0 Å². The molecular formula is C14H19BrClN3O. The summed E-state index contributed by atoms with van der Waals surface area (Å²) in [5, 5.41) is 0. The highest BCUT2D eigenvalue weighted by Gasteiger charge is 2.11. The second-order valence-electron chi connectivity index (χ2n) is 4.67. The summed E-state index contributed by atoms with van der Waals surface area (Å²) in [6.07, 6.45) is 5.92. The van der Waals surface area contributed by atoms with Crippen LogP contribution in [-0.2, 0) is 17.7 Å². The van der Waals surface area contributed by atoms with Gasteiger partial charge in [0, 0.05) is 43.2 Å². The van der Waals surface area contributed by atoms with E-state index in [0.717, 1.165) is 60.3 Å². The Kier molecular flexibility index (Phi) is 6.26. The van der Waals surface area contributed by atoms with Crippen molar-refractivity contribution in [2.75, 3.05) is 19.6 Å². The van der Waals surface area contributed by atoms with Gasteiger partial charge in [-0.2, -0.15) is 0 Å². The summed E-state index contributed by atoms with van der Waals surface area (Å²) in [6.45, 7) is 1.76. The first-order valence-corrected chi connectivity index (χ1v) is 8.14. The molecule has 0 aromatic carbocycles. The number of rotatable bonds is 8. The number of nitrogens with zero attached hydrogens (tertiary/aromatic N) is 3. The van der Waals surface area contributed by atoms with E-state index in [9.17, 15) is 0 Å². The molecule has 0 N–H and O–H groups in total. The molecule has 20 heavy (non-hydrogen) atoms. The van der Waals surface area contributed by atoms with E-state index in [2.05, 4.69) is 30.5 Å². The summed E-state index contributed by atoms with van der Waals surface area (Å²) in [4.78, 5) is 9.12. The first-order valence-electron chi connectivity index (χ1n) is 6.82. The van der Waals surface area contributed by atoms with Crippen LogP contribution in [-0.4, -0.2) is 34.1 Å². The fraction of sp³-hybridized carbons (Fsp3) is 0.571. The van der Waals surface area contributed by atoms with Crippen LogP contribution >= 0.6 is 27.5 Å². The van der Waals surface area contributed by atoms with Crippen LogP contribution in [0.25, 0.3) is 11.2 Å². The maximum Gasteiger partial charge on any atom is 0.160 e. The fourth-order valence-corrected chi connectivity index (χ4v) is 2.72. The number of halogens is 2. The average Bonchev–Trinajstić information content (AvgIpc) is 2.76. The van der Waals surface area contributed by atoms with Crippen LogP contribution in [0, 0.1) is 0 Å². The zero-order chi connectivity index (χ0) is 14.4. The SMILES string of the molecule is COCCCCCn1c(CCCl)nc2cc(Br)cnc21. The fourth-order valence-electron chi connectivity index (χ4n) is 2.24. The summed E-state index contributed by atoms with van der Waals surface area (Å²) in [5.41, 5.74) is 1.87. The Labute approximate surface area is 132 Å². The maximum atomic E-state index is 5.87. The lowest BCUT2D eigenvalue weighted by Gasteiger charge is -2.07. The van der Waals surface area contributed by atoms with Crippen molar-refractivity contribution in [3.05, 3.63) is 22.6 Å². The number of alkyl halides is 1. The molecule has 4 nitrogen and oxygen atoms in total. The van der Waals surface area contributed by atoms with E-state index in [-0.39, 0.29) is 0 Å². The Balaban J connectivity index is 2.13. The molecule has 0 saturated heterocycles. The number of hydrogen-bond acceptors (Lipinski definition) is 3. The predicted octanol–water partition coefficient (Wildman–Crippen LogP) is 3.79. The van der Waals surface area contributed by atoms with Crippen molar-refractivity contribution in [3.63, 3.8) is 0 Å². The number of pyridine rings is 1. The summed E-state index contributed by atoms with van der Waals surface area (Å²) >= 11 is 9.30. The number of imidazole rings is 1. The van der Waals surface area contributed by atoms with Gasteiger partial charge in [0.15, 0.2) is 5.65 Å². The summed E-state index contributed by atoms with van der Waals surface area (Å²) in [5.74, 6) is 1.60. The van der Waals surface area contributed by atoms with Crippen LogP contribution in [0.1, 0.15) is 25.1 Å². The molecular weight excluding hydrogens is 342 g/mol.